The van der Waals surface area contributed by atoms with Crippen LogP contribution in [0.3, 0.4) is 0 Å². The Hall–Kier alpha value is -2.30. The predicted octanol–water partition coefficient (Wildman–Crippen LogP) is 4.64. The second-order valence-electron chi connectivity index (χ2n) is 8.76. The van der Waals surface area contributed by atoms with E-state index in [4.69, 9.17) is 5.10 Å². The molecule has 1 aromatic carbocycles. The van der Waals surface area contributed by atoms with Crippen LogP contribution in [0.25, 0.3) is 0 Å². The third-order valence-electron chi connectivity index (χ3n) is 4.40. The first kappa shape index (κ1) is 20.0. The van der Waals surface area contributed by atoms with Crippen LogP contribution in [0.1, 0.15) is 64.5 Å². The van der Waals surface area contributed by atoms with E-state index >= 15 is 0 Å². The van der Waals surface area contributed by atoms with E-state index in [-0.39, 0.29) is 16.9 Å². The Labute approximate surface area is 157 Å². The van der Waals surface area contributed by atoms with Gasteiger partial charge in [-0.2, -0.15) is 5.10 Å². The molecule has 142 valence electrons. The Morgan fingerprint density at radius 1 is 1.12 bits per heavy atom. The van der Waals surface area contributed by atoms with Crippen molar-refractivity contribution in [3.63, 3.8) is 0 Å². The van der Waals surface area contributed by atoms with Crippen molar-refractivity contribution < 1.29 is 4.79 Å². The second-order valence-corrected chi connectivity index (χ2v) is 8.76. The highest BCUT2D eigenvalue weighted by Gasteiger charge is 2.26. The summed E-state index contributed by atoms with van der Waals surface area (Å²) in [6.07, 6.45) is 0. The van der Waals surface area contributed by atoms with Gasteiger partial charge >= 0.3 is 0 Å². The van der Waals surface area contributed by atoms with Crippen LogP contribution >= 0.6 is 0 Å². The molecule has 1 aromatic heterocycles. The van der Waals surface area contributed by atoms with Gasteiger partial charge in [0.25, 0.3) is 5.91 Å². The summed E-state index contributed by atoms with van der Waals surface area (Å²) in [6.45, 7) is 15.6. The van der Waals surface area contributed by atoms with Crippen LogP contribution in [0, 0.1) is 0 Å². The molecule has 0 spiro atoms. The van der Waals surface area contributed by atoms with Crippen molar-refractivity contribution in [3.05, 3.63) is 41.6 Å². The molecule has 0 radical (unpaired) electrons. The van der Waals surface area contributed by atoms with Gasteiger partial charge in [0.15, 0.2) is 0 Å². The molecule has 0 aliphatic rings. The zero-order chi connectivity index (χ0) is 19.7. The Kier molecular flexibility index (Phi) is 5.49. The molecule has 2 rings (SSSR count). The van der Waals surface area contributed by atoms with E-state index in [1.54, 1.807) is 0 Å². The van der Waals surface area contributed by atoms with E-state index in [0.29, 0.717) is 5.56 Å². The molecule has 2 aromatic rings. The van der Waals surface area contributed by atoms with Gasteiger partial charge in [0, 0.05) is 36.3 Å². The van der Waals surface area contributed by atoms with Gasteiger partial charge in [-0.15, -0.1) is 0 Å². The first-order chi connectivity index (χ1) is 11.9. The van der Waals surface area contributed by atoms with E-state index in [2.05, 4.69) is 58.7 Å². The zero-order valence-corrected chi connectivity index (χ0v) is 17.3. The number of carbonyl (C=O) groups is 1. The maximum atomic E-state index is 12.7. The number of hydrogen-bond donors (Lipinski definition) is 1. The number of anilines is 2. The van der Waals surface area contributed by atoms with Crippen LogP contribution in [0.2, 0.25) is 0 Å². The van der Waals surface area contributed by atoms with Crippen LogP contribution in [-0.2, 0) is 11.0 Å². The highest BCUT2D eigenvalue weighted by Crippen LogP contribution is 2.28. The van der Waals surface area contributed by atoms with Crippen LogP contribution in [0.4, 0.5) is 11.5 Å². The molecule has 0 fully saturated rings. The van der Waals surface area contributed by atoms with E-state index in [1.165, 1.54) is 0 Å². The molecular weight excluding hydrogens is 324 g/mol. The summed E-state index contributed by atoms with van der Waals surface area (Å²) in [6, 6.07) is 9.64. The maximum Gasteiger partial charge on any atom is 0.256 e. The predicted molar refractivity (Wildman–Crippen MR) is 109 cm³/mol. The summed E-state index contributed by atoms with van der Waals surface area (Å²) >= 11 is 0. The molecule has 0 atom stereocenters. The fraction of sp³-hybridized carbons (Fsp3) is 0.524. The van der Waals surface area contributed by atoms with Crippen molar-refractivity contribution in [1.82, 2.24) is 9.78 Å². The molecule has 26 heavy (non-hydrogen) atoms. The standard InChI is InChI=1S/C21H32N4O/c1-9-24(8)16-12-10-15(11-13-16)19(26)22-18-14-17(20(2,3)4)23-25(18)21(5,6)7/h10-14H,9H2,1-8H3,(H,22,26). The first-order valence-corrected chi connectivity index (χ1v) is 9.17. The van der Waals surface area contributed by atoms with Crippen LogP contribution in [-0.4, -0.2) is 29.3 Å². The minimum absolute atomic E-state index is 0.0810. The van der Waals surface area contributed by atoms with E-state index in [1.807, 2.05) is 42.1 Å². The summed E-state index contributed by atoms with van der Waals surface area (Å²) in [7, 11) is 2.03. The number of amides is 1. The summed E-state index contributed by atoms with van der Waals surface area (Å²) in [5, 5.41) is 7.78. The van der Waals surface area contributed by atoms with Crippen molar-refractivity contribution >= 4 is 17.4 Å². The van der Waals surface area contributed by atoms with Gasteiger partial charge in [0.1, 0.15) is 5.82 Å². The van der Waals surface area contributed by atoms with Gasteiger partial charge in [0.2, 0.25) is 0 Å². The smallest absolute Gasteiger partial charge is 0.256 e. The summed E-state index contributed by atoms with van der Waals surface area (Å²) < 4.78 is 1.89. The number of nitrogens with zero attached hydrogens (tertiary/aromatic N) is 3. The number of aromatic nitrogens is 2. The zero-order valence-electron chi connectivity index (χ0n) is 17.3. The van der Waals surface area contributed by atoms with E-state index < -0.39 is 0 Å². The lowest BCUT2D eigenvalue weighted by Crippen LogP contribution is -2.27. The quantitative estimate of drug-likeness (QED) is 0.868. The minimum atomic E-state index is -0.222. The molecular formula is C21H32N4O. The average Bonchev–Trinajstić information content (AvgIpc) is 2.98. The van der Waals surface area contributed by atoms with Crippen molar-refractivity contribution in [3.8, 4) is 0 Å². The Morgan fingerprint density at radius 3 is 2.15 bits per heavy atom. The number of carbonyl (C=O) groups excluding carboxylic acids is 1. The highest BCUT2D eigenvalue weighted by atomic mass is 16.1. The molecule has 0 bridgehead atoms. The van der Waals surface area contributed by atoms with Crippen LogP contribution < -0.4 is 10.2 Å². The lowest BCUT2D eigenvalue weighted by molar-refractivity contribution is 0.102. The van der Waals surface area contributed by atoms with Gasteiger partial charge in [-0.3, -0.25) is 4.79 Å². The fourth-order valence-electron chi connectivity index (χ4n) is 2.59. The topological polar surface area (TPSA) is 50.2 Å². The Morgan fingerprint density at radius 2 is 1.69 bits per heavy atom. The lowest BCUT2D eigenvalue weighted by Gasteiger charge is -2.23. The highest BCUT2D eigenvalue weighted by molar-refractivity contribution is 6.04. The van der Waals surface area contributed by atoms with Gasteiger partial charge in [-0.05, 0) is 52.0 Å². The summed E-state index contributed by atoms with van der Waals surface area (Å²) in [5.41, 5.74) is 2.39. The molecule has 5 heteroatoms. The maximum absolute atomic E-state index is 12.7. The van der Waals surface area contributed by atoms with Crippen molar-refractivity contribution in [2.24, 2.45) is 0 Å². The normalized spacial score (nSPS) is 12.2. The summed E-state index contributed by atoms with van der Waals surface area (Å²) in [5.74, 6) is 0.601. The third-order valence-corrected chi connectivity index (χ3v) is 4.40. The average molecular weight is 357 g/mol. The van der Waals surface area contributed by atoms with Gasteiger partial charge in [0.05, 0.1) is 11.2 Å². The number of rotatable bonds is 4. The van der Waals surface area contributed by atoms with Crippen molar-refractivity contribution in [2.45, 2.75) is 59.4 Å². The number of hydrogen-bond acceptors (Lipinski definition) is 3. The molecule has 5 nitrogen and oxygen atoms in total. The Balaban J connectivity index is 2.29. The minimum Gasteiger partial charge on any atom is -0.375 e. The fourth-order valence-corrected chi connectivity index (χ4v) is 2.59. The third kappa shape index (κ3) is 4.45. The second kappa shape index (κ2) is 7.14. The molecule has 1 N–H and O–H groups in total. The molecule has 0 aliphatic heterocycles. The SMILES string of the molecule is CCN(C)c1ccc(C(=O)Nc2cc(C(C)(C)C)nn2C(C)(C)C)cc1. The molecule has 0 saturated carbocycles. The van der Waals surface area contributed by atoms with E-state index in [0.717, 1.165) is 23.7 Å². The van der Waals surface area contributed by atoms with Gasteiger partial charge in [-0.1, -0.05) is 20.8 Å². The molecule has 0 unspecified atom stereocenters. The molecule has 1 heterocycles. The van der Waals surface area contributed by atoms with Gasteiger partial charge < -0.3 is 10.2 Å². The molecule has 0 saturated heterocycles. The van der Waals surface area contributed by atoms with Crippen LogP contribution in [0.5, 0.6) is 0 Å². The Bertz CT molecular complexity index is 761. The monoisotopic (exact) mass is 356 g/mol. The molecule has 0 aliphatic carbocycles. The van der Waals surface area contributed by atoms with Crippen molar-refractivity contribution in [2.75, 3.05) is 23.8 Å². The first-order valence-electron chi connectivity index (χ1n) is 9.17. The largest absolute Gasteiger partial charge is 0.375 e. The van der Waals surface area contributed by atoms with Crippen LogP contribution in [0.15, 0.2) is 30.3 Å². The lowest BCUT2D eigenvalue weighted by atomic mass is 9.92. The van der Waals surface area contributed by atoms with Crippen molar-refractivity contribution in [1.29, 1.82) is 0 Å². The van der Waals surface area contributed by atoms with E-state index in [9.17, 15) is 4.79 Å². The van der Waals surface area contributed by atoms with Gasteiger partial charge in [-0.25, -0.2) is 4.68 Å². The number of nitrogens with one attached hydrogen (secondary N) is 1. The molecule has 1 amide bonds. The summed E-state index contributed by atoms with van der Waals surface area (Å²) in [4.78, 5) is 14.9. The number of benzene rings is 1.